The first kappa shape index (κ1) is 12.6. The van der Waals surface area contributed by atoms with E-state index < -0.39 is 0 Å². The van der Waals surface area contributed by atoms with Crippen LogP contribution in [0.5, 0.6) is 0 Å². The summed E-state index contributed by atoms with van der Waals surface area (Å²) in [5.74, 6) is 0. The van der Waals surface area contributed by atoms with Crippen molar-refractivity contribution < 1.29 is 0 Å². The van der Waals surface area contributed by atoms with E-state index >= 15 is 0 Å². The van der Waals surface area contributed by atoms with Gasteiger partial charge in [0.2, 0.25) is 0 Å². The van der Waals surface area contributed by atoms with Gasteiger partial charge in [-0.25, -0.2) is 0 Å². The summed E-state index contributed by atoms with van der Waals surface area (Å²) in [4.78, 5) is 0. The van der Waals surface area contributed by atoms with E-state index in [1.165, 1.54) is 37.7 Å². The molecule has 0 radical (unpaired) electrons. The van der Waals surface area contributed by atoms with Crippen LogP contribution in [0.2, 0.25) is 0 Å². The van der Waals surface area contributed by atoms with Crippen LogP contribution in [-0.4, -0.2) is 6.54 Å². The molecule has 1 nitrogen and oxygen atoms in total. The zero-order valence-electron chi connectivity index (χ0n) is 11.2. The van der Waals surface area contributed by atoms with E-state index in [2.05, 4.69) is 44.2 Å². The summed E-state index contributed by atoms with van der Waals surface area (Å²) in [7, 11) is 0. The normalized spacial score (nSPS) is 19.5. The Morgan fingerprint density at radius 1 is 1.12 bits per heavy atom. The fourth-order valence-electron chi connectivity index (χ4n) is 3.40. The highest BCUT2D eigenvalue weighted by Crippen LogP contribution is 2.48. The lowest BCUT2D eigenvalue weighted by atomic mass is 9.68. The van der Waals surface area contributed by atoms with Crippen molar-refractivity contribution >= 4 is 0 Å². The van der Waals surface area contributed by atoms with Crippen molar-refractivity contribution in [3.05, 3.63) is 35.9 Å². The molecule has 1 aromatic carbocycles. The number of hydrogen-bond donors (Lipinski definition) is 1. The van der Waals surface area contributed by atoms with Crippen LogP contribution in [0.15, 0.2) is 30.3 Å². The second kappa shape index (κ2) is 4.81. The zero-order chi connectivity index (χ0) is 12.4. The van der Waals surface area contributed by atoms with Gasteiger partial charge in [-0.1, -0.05) is 57.0 Å². The molecular formula is C16H25N. The Morgan fingerprint density at radius 2 is 1.71 bits per heavy atom. The van der Waals surface area contributed by atoms with Crippen molar-refractivity contribution in [3.63, 3.8) is 0 Å². The Balaban J connectivity index is 2.28. The Bertz CT molecular complexity index is 347. The van der Waals surface area contributed by atoms with Crippen molar-refractivity contribution in [2.75, 3.05) is 6.54 Å². The van der Waals surface area contributed by atoms with Crippen LogP contribution >= 0.6 is 0 Å². The summed E-state index contributed by atoms with van der Waals surface area (Å²) < 4.78 is 0. The molecule has 0 heterocycles. The fraction of sp³-hybridized carbons (Fsp3) is 0.625. The minimum Gasteiger partial charge on any atom is -0.330 e. The van der Waals surface area contributed by atoms with Gasteiger partial charge in [0.05, 0.1) is 0 Å². The summed E-state index contributed by atoms with van der Waals surface area (Å²) in [5, 5.41) is 0. The summed E-state index contributed by atoms with van der Waals surface area (Å²) in [6.07, 6.45) is 6.63. The van der Waals surface area contributed by atoms with Crippen LogP contribution in [0, 0.1) is 5.41 Å². The molecule has 0 unspecified atom stereocenters. The third-order valence-corrected chi connectivity index (χ3v) is 4.32. The molecule has 2 rings (SSSR count). The van der Waals surface area contributed by atoms with Gasteiger partial charge in [-0.3, -0.25) is 0 Å². The highest BCUT2D eigenvalue weighted by molar-refractivity contribution is 5.27. The quantitative estimate of drug-likeness (QED) is 0.836. The highest BCUT2D eigenvalue weighted by atomic mass is 14.6. The maximum atomic E-state index is 5.92. The predicted molar refractivity (Wildman–Crippen MR) is 74.0 cm³/mol. The molecule has 0 bridgehead atoms. The summed E-state index contributed by atoms with van der Waals surface area (Å²) in [5.41, 5.74) is 8.09. The monoisotopic (exact) mass is 231 g/mol. The van der Waals surface area contributed by atoms with Crippen LogP contribution in [0.25, 0.3) is 0 Å². The Morgan fingerprint density at radius 3 is 2.24 bits per heavy atom. The molecule has 2 N–H and O–H groups in total. The molecule has 1 fully saturated rings. The first-order valence-electron chi connectivity index (χ1n) is 6.84. The minimum atomic E-state index is 0.250. The molecule has 0 amide bonds. The molecule has 0 spiro atoms. The smallest absolute Gasteiger partial charge is 0.00255 e. The van der Waals surface area contributed by atoms with Crippen LogP contribution in [0.1, 0.15) is 51.5 Å². The Labute approximate surface area is 105 Å². The second-order valence-corrected chi connectivity index (χ2v) is 6.40. The van der Waals surface area contributed by atoms with Crippen LogP contribution in [0.3, 0.4) is 0 Å². The Hall–Kier alpha value is -0.820. The largest absolute Gasteiger partial charge is 0.330 e. The van der Waals surface area contributed by atoms with E-state index in [9.17, 15) is 0 Å². The molecule has 1 heteroatoms. The topological polar surface area (TPSA) is 26.0 Å². The van der Waals surface area contributed by atoms with E-state index in [4.69, 9.17) is 5.73 Å². The lowest BCUT2D eigenvalue weighted by Gasteiger charge is -2.37. The average molecular weight is 231 g/mol. The number of benzene rings is 1. The summed E-state index contributed by atoms with van der Waals surface area (Å²) in [6, 6.07) is 11.1. The molecule has 0 aromatic heterocycles. The highest BCUT2D eigenvalue weighted by Gasteiger charge is 2.39. The van der Waals surface area contributed by atoms with Crippen molar-refractivity contribution in [2.24, 2.45) is 11.1 Å². The lowest BCUT2D eigenvalue weighted by molar-refractivity contribution is 0.240. The molecule has 1 aliphatic rings. The van der Waals surface area contributed by atoms with E-state index in [1.807, 2.05) is 0 Å². The van der Waals surface area contributed by atoms with Gasteiger partial charge in [0, 0.05) is 0 Å². The molecule has 94 valence electrons. The molecular weight excluding hydrogens is 206 g/mol. The predicted octanol–water partition coefficient (Wildman–Crippen LogP) is 3.87. The van der Waals surface area contributed by atoms with Gasteiger partial charge in [0.25, 0.3) is 0 Å². The fourth-order valence-corrected chi connectivity index (χ4v) is 3.40. The standard InChI is InChI=1S/C16H25N/c1-15(2,13-17)12-16(10-6-7-11-16)14-8-4-3-5-9-14/h3-5,8-9H,6-7,10-13,17H2,1-2H3. The van der Waals surface area contributed by atoms with Crippen molar-refractivity contribution in [1.82, 2.24) is 0 Å². The van der Waals surface area contributed by atoms with Gasteiger partial charge in [-0.05, 0) is 42.2 Å². The molecule has 0 atom stereocenters. The first-order chi connectivity index (χ1) is 8.08. The van der Waals surface area contributed by atoms with Crippen molar-refractivity contribution in [2.45, 2.75) is 51.4 Å². The molecule has 0 saturated heterocycles. The van der Waals surface area contributed by atoms with Crippen molar-refractivity contribution in [1.29, 1.82) is 0 Å². The van der Waals surface area contributed by atoms with Gasteiger partial charge < -0.3 is 5.73 Å². The zero-order valence-corrected chi connectivity index (χ0v) is 11.2. The maximum Gasteiger partial charge on any atom is -0.00255 e. The SMILES string of the molecule is CC(C)(CN)CC1(c2ccccc2)CCCC1. The number of hydrogen-bond acceptors (Lipinski definition) is 1. The minimum absolute atomic E-state index is 0.250. The van der Waals surface area contributed by atoms with E-state index in [0.717, 1.165) is 6.54 Å². The average Bonchev–Trinajstić information content (AvgIpc) is 2.79. The lowest BCUT2D eigenvalue weighted by Crippen LogP contribution is -2.34. The molecule has 0 aliphatic heterocycles. The second-order valence-electron chi connectivity index (χ2n) is 6.40. The van der Waals surface area contributed by atoms with Crippen LogP contribution in [0.4, 0.5) is 0 Å². The third-order valence-electron chi connectivity index (χ3n) is 4.32. The summed E-state index contributed by atoms with van der Waals surface area (Å²) in [6.45, 7) is 5.38. The molecule has 1 aliphatic carbocycles. The molecule has 1 aromatic rings. The first-order valence-corrected chi connectivity index (χ1v) is 6.84. The van der Waals surface area contributed by atoms with Crippen LogP contribution in [-0.2, 0) is 5.41 Å². The maximum absolute atomic E-state index is 5.92. The summed E-state index contributed by atoms with van der Waals surface area (Å²) >= 11 is 0. The van der Waals surface area contributed by atoms with Gasteiger partial charge >= 0.3 is 0 Å². The third kappa shape index (κ3) is 2.71. The van der Waals surface area contributed by atoms with Crippen LogP contribution < -0.4 is 5.73 Å². The van der Waals surface area contributed by atoms with Gasteiger partial charge in [-0.15, -0.1) is 0 Å². The van der Waals surface area contributed by atoms with E-state index in [-0.39, 0.29) is 5.41 Å². The van der Waals surface area contributed by atoms with Crippen molar-refractivity contribution in [3.8, 4) is 0 Å². The number of nitrogens with two attached hydrogens (primary N) is 1. The van der Waals surface area contributed by atoms with E-state index in [0.29, 0.717) is 5.41 Å². The molecule has 17 heavy (non-hydrogen) atoms. The van der Waals surface area contributed by atoms with E-state index in [1.54, 1.807) is 0 Å². The molecule has 1 saturated carbocycles. The van der Waals surface area contributed by atoms with Gasteiger partial charge in [0.15, 0.2) is 0 Å². The Kier molecular flexibility index (Phi) is 3.58. The van der Waals surface area contributed by atoms with Gasteiger partial charge in [-0.2, -0.15) is 0 Å². The number of rotatable bonds is 4. The van der Waals surface area contributed by atoms with Gasteiger partial charge in [0.1, 0.15) is 0 Å².